The SMILES string of the molecule is CCCCCC1=C(C)C(O)CO1. The van der Waals surface area contributed by atoms with Gasteiger partial charge in [0.15, 0.2) is 0 Å². The van der Waals surface area contributed by atoms with Crippen molar-refractivity contribution in [2.24, 2.45) is 0 Å². The molecule has 1 atom stereocenters. The zero-order chi connectivity index (χ0) is 8.97. The molecule has 0 saturated carbocycles. The van der Waals surface area contributed by atoms with Gasteiger partial charge in [-0.2, -0.15) is 0 Å². The van der Waals surface area contributed by atoms with Gasteiger partial charge in [0.05, 0.1) is 5.76 Å². The molecule has 1 unspecified atom stereocenters. The number of hydrogen-bond donors (Lipinski definition) is 1. The molecule has 0 fully saturated rings. The van der Waals surface area contributed by atoms with Gasteiger partial charge in [-0.15, -0.1) is 0 Å². The van der Waals surface area contributed by atoms with Crippen molar-refractivity contribution in [1.82, 2.24) is 0 Å². The van der Waals surface area contributed by atoms with Crippen LogP contribution in [0, 0.1) is 0 Å². The van der Waals surface area contributed by atoms with Crippen molar-refractivity contribution in [3.05, 3.63) is 11.3 Å². The number of rotatable bonds is 4. The summed E-state index contributed by atoms with van der Waals surface area (Å²) < 4.78 is 5.35. The van der Waals surface area contributed by atoms with E-state index in [0.29, 0.717) is 6.61 Å². The van der Waals surface area contributed by atoms with E-state index in [1.54, 1.807) is 0 Å². The van der Waals surface area contributed by atoms with Crippen LogP contribution in [0.1, 0.15) is 39.5 Å². The second kappa shape index (κ2) is 4.51. The van der Waals surface area contributed by atoms with Crippen LogP contribution in [0.5, 0.6) is 0 Å². The van der Waals surface area contributed by atoms with Crippen molar-refractivity contribution in [1.29, 1.82) is 0 Å². The highest BCUT2D eigenvalue weighted by Gasteiger charge is 2.20. The first-order chi connectivity index (χ1) is 5.75. The van der Waals surface area contributed by atoms with Crippen LogP contribution in [-0.4, -0.2) is 17.8 Å². The second-order valence-electron chi connectivity index (χ2n) is 3.39. The van der Waals surface area contributed by atoms with Crippen LogP contribution < -0.4 is 0 Å². The molecule has 0 saturated heterocycles. The summed E-state index contributed by atoms with van der Waals surface area (Å²) in [6.07, 6.45) is 4.30. The molecule has 0 aromatic heterocycles. The Morgan fingerprint density at radius 2 is 2.25 bits per heavy atom. The van der Waals surface area contributed by atoms with Gasteiger partial charge in [-0.25, -0.2) is 0 Å². The fourth-order valence-electron chi connectivity index (χ4n) is 1.41. The topological polar surface area (TPSA) is 29.5 Å². The summed E-state index contributed by atoms with van der Waals surface area (Å²) in [5, 5.41) is 9.34. The Morgan fingerprint density at radius 1 is 1.50 bits per heavy atom. The first kappa shape index (κ1) is 9.59. The maximum Gasteiger partial charge on any atom is 0.118 e. The summed E-state index contributed by atoms with van der Waals surface area (Å²) in [6.45, 7) is 4.61. The molecule has 0 radical (unpaired) electrons. The van der Waals surface area contributed by atoms with Crippen LogP contribution in [0.15, 0.2) is 11.3 Å². The lowest BCUT2D eigenvalue weighted by molar-refractivity contribution is 0.129. The number of allylic oxidation sites excluding steroid dienone is 1. The van der Waals surface area contributed by atoms with Gasteiger partial charge >= 0.3 is 0 Å². The number of hydrogen-bond acceptors (Lipinski definition) is 2. The van der Waals surface area contributed by atoms with E-state index in [1.165, 1.54) is 19.3 Å². The molecular weight excluding hydrogens is 152 g/mol. The maximum absolute atomic E-state index is 9.34. The Bertz CT molecular complexity index is 173. The summed E-state index contributed by atoms with van der Waals surface area (Å²) >= 11 is 0. The van der Waals surface area contributed by atoms with Gasteiger partial charge in [-0.3, -0.25) is 0 Å². The third-order valence-electron chi connectivity index (χ3n) is 2.36. The predicted octanol–water partition coefficient (Wildman–Crippen LogP) is 2.23. The Labute approximate surface area is 74.2 Å². The van der Waals surface area contributed by atoms with E-state index in [-0.39, 0.29) is 6.10 Å². The summed E-state index contributed by atoms with van der Waals surface area (Å²) in [7, 11) is 0. The number of unbranched alkanes of at least 4 members (excludes halogenated alkanes) is 2. The van der Waals surface area contributed by atoms with Gasteiger partial charge in [0, 0.05) is 6.42 Å². The van der Waals surface area contributed by atoms with E-state index in [4.69, 9.17) is 4.74 Å². The van der Waals surface area contributed by atoms with E-state index >= 15 is 0 Å². The average molecular weight is 170 g/mol. The highest BCUT2D eigenvalue weighted by molar-refractivity contribution is 5.15. The monoisotopic (exact) mass is 170 g/mol. The minimum absolute atomic E-state index is 0.346. The van der Waals surface area contributed by atoms with Gasteiger partial charge in [-0.1, -0.05) is 19.8 Å². The molecule has 1 heterocycles. The molecule has 0 aromatic carbocycles. The van der Waals surface area contributed by atoms with E-state index in [9.17, 15) is 5.11 Å². The Balaban J connectivity index is 2.31. The van der Waals surface area contributed by atoms with Gasteiger partial charge in [-0.05, 0) is 18.9 Å². The van der Waals surface area contributed by atoms with E-state index in [1.807, 2.05) is 6.92 Å². The summed E-state index contributed by atoms with van der Waals surface area (Å²) in [5.41, 5.74) is 1.03. The van der Waals surface area contributed by atoms with Crippen molar-refractivity contribution in [2.75, 3.05) is 6.61 Å². The first-order valence-electron chi connectivity index (χ1n) is 4.76. The predicted molar refractivity (Wildman–Crippen MR) is 48.8 cm³/mol. The summed E-state index contributed by atoms with van der Waals surface area (Å²) in [6, 6.07) is 0. The van der Waals surface area contributed by atoms with Gasteiger partial charge in [0.2, 0.25) is 0 Å². The van der Waals surface area contributed by atoms with Crippen molar-refractivity contribution in [3.63, 3.8) is 0 Å². The minimum Gasteiger partial charge on any atom is -0.495 e. The standard InChI is InChI=1S/C10H18O2/c1-3-4-5-6-10-8(2)9(11)7-12-10/h9,11H,3-7H2,1-2H3. The van der Waals surface area contributed by atoms with Crippen molar-refractivity contribution in [2.45, 2.75) is 45.6 Å². The highest BCUT2D eigenvalue weighted by atomic mass is 16.5. The largest absolute Gasteiger partial charge is 0.495 e. The molecule has 70 valence electrons. The van der Waals surface area contributed by atoms with Crippen LogP contribution in [-0.2, 0) is 4.74 Å². The van der Waals surface area contributed by atoms with E-state index in [2.05, 4.69) is 6.92 Å². The zero-order valence-electron chi connectivity index (χ0n) is 7.97. The minimum atomic E-state index is -0.346. The molecule has 1 rings (SSSR count). The molecule has 1 aliphatic heterocycles. The van der Waals surface area contributed by atoms with Gasteiger partial charge in [0.1, 0.15) is 12.7 Å². The quantitative estimate of drug-likeness (QED) is 0.656. The van der Waals surface area contributed by atoms with Crippen LogP contribution in [0.25, 0.3) is 0 Å². The van der Waals surface area contributed by atoms with Crippen molar-refractivity contribution in [3.8, 4) is 0 Å². The van der Waals surface area contributed by atoms with Gasteiger partial charge in [0.25, 0.3) is 0 Å². The molecule has 0 amide bonds. The second-order valence-corrected chi connectivity index (χ2v) is 3.39. The lowest BCUT2D eigenvalue weighted by Gasteiger charge is -2.02. The van der Waals surface area contributed by atoms with Crippen LogP contribution in [0.4, 0.5) is 0 Å². The zero-order valence-corrected chi connectivity index (χ0v) is 7.97. The molecule has 0 bridgehead atoms. The third kappa shape index (κ3) is 2.24. The van der Waals surface area contributed by atoms with Crippen molar-refractivity contribution < 1.29 is 9.84 Å². The van der Waals surface area contributed by atoms with E-state index < -0.39 is 0 Å². The maximum atomic E-state index is 9.34. The van der Waals surface area contributed by atoms with Crippen LogP contribution >= 0.6 is 0 Å². The fraction of sp³-hybridized carbons (Fsp3) is 0.800. The van der Waals surface area contributed by atoms with E-state index in [0.717, 1.165) is 17.8 Å². The lowest BCUT2D eigenvalue weighted by atomic mass is 10.1. The first-order valence-corrected chi connectivity index (χ1v) is 4.76. The number of aliphatic hydroxyl groups excluding tert-OH is 1. The molecule has 2 heteroatoms. The summed E-state index contributed by atoms with van der Waals surface area (Å²) in [4.78, 5) is 0. The summed E-state index contributed by atoms with van der Waals surface area (Å²) in [5.74, 6) is 1.02. The fourth-order valence-corrected chi connectivity index (χ4v) is 1.41. The van der Waals surface area contributed by atoms with Gasteiger partial charge < -0.3 is 9.84 Å². The van der Waals surface area contributed by atoms with Crippen molar-refractivity contribution >= 4 is 0 Å². The Kier molecular flexibility index (Phi) is 3.60. The molecule has 0 aliphatic carbocycles. The highest BCUT2D eigenvalue weighted by Crippen LogP contribution is 2.23. The molecule has 0 aromatic rings. The lowest BCUT2D eigenvalue weighted by Crippen LogP contribution is -2.07. The molecule has 0 spiro atoms. The molecule has 2 nitrogen and oxygen atoms in total. The number of ether oxygens (including phenoxy) is 1. The average Bonchev–Trinajstić information content (AvgIpc) is 2.36. The molecule has 12 heavy (non-hydrogen) atoms. The number of aliphatic hydroxyl groups is 1. The molecule has 1 N–H and O–H groups in total. The normalized spacial score (nSPS) is 23.1. The van der Waals surface area contributed by atoms with Crippen LogP contribution in [0.3, 0.4) is 0 Å². The molecule has 1 aliphatic rings. The Morgan fingerprint density at radius 3 is 2.75 bits per heavy atom. The smallest absolute Gasteiger partial charge is 0.118 e. The molecular formula is C10H18O2. The van der Waals surface area contributed by atoms with Crippen LogP contribution in [0.2, 0.25) is 0 Å². The third-order valence-corrected chi connectivity index (χ3v) is 2.36. The Hall–Kier alpha value is -0.500.